The van der Waals surface area contributed by atoms with Gasteiger partial charge in [-0.15, -0.1) is 0 Å². The zero-order chi connectivity index (χ0) is 21.1. The average Bonchev–Trinajstić information content (AvgIpc) is 2.65. The number of hydrogen-bond donors (Lipinski definition) is 1. The molecule has 0 spiro atoms. The molecule has 148 valence electrons. The van der Waals surface area contributed by atoms with Crippen molar-refractivity contribution in [1.82, 2.24) is 0 Å². The van der Waals surface area contributed by atoms with Crippen LogP contribution in [0.5, 0.6) is 0 Å². The Morgan fingerprint density at radius 1 is 1.04 bits per heavy atom. The zero-order valence-corrected chi connectivity index (χ0v) is 16.0. The van der Waals surface area contributed by atoms with Gasteiger partial charge < -0.3 is 9.47 Å². The van der Waals surface area contributed by atoms with Crippen LogP contribution in [0.15, 0.2) is 41.3 Å². The van der Waals surface area contributed by atoms with Gasteiger partial charge in [0.05, 0.1) is 40.9 Å². The summed E-state index contributed by atoms with van der Waals surface area (Å²) in [6.07, 6.45) is 0. The highest BCUT2D eigenvalue weighted by atomic mass is 35.5. The normalized spacial score (nSPS) is 10.8. The summed E-state index contributed by atoms with van der Waals surface area (Å²) in [4.78, 5) is 33.3. The fraction of sp³-hybridized carbons (Fsp3) is 0.125. The molecule has 0 saturated heterocycles. The first-order valence-electron chi connectivity index (χ1n) is 7.37. The van der Waals surface area contributed by atoms with Crippen LogP contribution < -0.4 is 4.72 Å². The summed E-state index contributed by atoms with van der Waals surface area (Å²) in [6, 6.07) is 6.38. The molecule has 0 radical (unpaired) electrons. The van der Waals surface area contributed by atoms with Crippen LogP contribution in [-0.4, -0.2) is 39.5 Å². The van der Waals surface area contributed by atoms with E-state index in [-0.39, 0.29) is 21.8 Å². The molecule has 0 aliphatic heterocycles. The lowest BCUT2D eigenvalue weighted by Gasteiger charge is -2.11. The number of halogens is 1. The van der Waals surface area contributed by atoms with Crippen molar-refractivity contribution >= 4 is 44.9 Å². The predicted molar refractivity (Wildman–Crippen MR) is 98.0 cm³/mol. The number of benzene rings is 2. The molecule has 0 aliphatic carbocycles. The van der Waals surface area contributed by atoms with E-state index in [1.54, 1.807) is 0 Å². The van der Waals surface area contributed by atoms with Gasteiger partial charge in [-0.3, -0.25) is 14.8 Å². The van der Waals surface area contributed by atoms with Gasteiger partial charge >= 0.3 is 11.9 Å². The molecule has 0 atom stereocenters. The summed E-state index contributed by atoms with van der Waals surface area (Å²) in [6.45, 7) is 0. The maximum absolute atomic E-state index is 12.6. The number of rotatable bonds is 6. The number of nitrogens with zero attached hydrogens (tertiary/aromatic N) is 1. The maximum Gasteiger partial charge on any atom is 0.337 e. The molecular formula is C16H13ClN2O8S. The van der Waals surface area contributed by atoms with Crippen molar-refractivity contribution in [3.8, 4) is 0 Å². The smallest absolute Gasteiger partial charge is 0.337 e. The van der Waals surface area contributed by atoms with Crippen molar-refractivity contribution in [3.63, 3.8) is 0 Å². The average molecular weight is 429 g/mol. The van der Waals surface area contributed by atoms with Crippen LogP contribution in [0.25, 0.3) is 0 Å². The monoisotopic (exact) mass is 428 g/mol. The largest absolute Gasteiger partial charge is 0.465 e. The summed E-state index contributed by atoms with van der Waals surface area (Å²) in [5.41, 5.74) is -0.959. The second-order valence-electron chi connectivity index (χ2n) is 5.26. The SMILES string of the molecule is COC(=O)c1cc(NS(=O)(=O)c2ccc(Cl)c([N+](=O)[O-])c2)cc(C(=O)OC)c1. The summed E-state index contributed by atoms with van der Waals surface area (Å²) < 4.78 is 36.5. The van der Waals surface area contributed by atoms with E-state index in [2.05, 4.69) is 14.2 Å². The van der Waals surface area contributed by atoms with Crippen molar-refractivity contribution in [2.24, 2.45) is 0 Å². The summed E-state index contributed by atoms with van der Waals surface area (Å²) in [5.74, 6) is -1.62. The highest BCUT2D eigenvalue weighted by Crippen LogP contribution is 2.28. The number of sulfonamides is 1. The molecule has 0 fully saturated rings. The van der Waals surface area contributed by atoms with Crippen LogP contribution in [0, 0.1) is 10.1 Å². The van der Waals surface area contributed by atoms with Gasteiger partial charge in [0.2, 0.25) is 0 Å². The van der Waals surface area contributed by atoms with E-state index in [0.717, 1.165) is 44.6 Å². The molecule has 12 heteroatoms. The maximum atomic E-state index is 12.6. The van der Waals surface area contributed by atoms with Gasteiger partial charge in [-0.1, -0.05) is 11.6 Å². The molecule has 0 unspecified atom stereocenters. The van der Waals surface area contributed by atoms with Gasteiger partial charge in [-0.05, 0) is 30.3 Å². The number of nitro benzene ring substituents is 1. The van der Waals surface area contributed by atoms with Crippen LogP contribution in [0.3, 0.4) is 0 Å². The van der Waals surface area contributed by atoms with E-state index >= 15 is 0 Å². The molecule has 0 aromatic heterocycles. The molecule has 0 bridgehead atoms. The zero-order valence-electron chi connectivity index (χ0n) is 14.5. The van der Waals surface area contributed by atoms with Gasteiger partial charge in [-0.25, -0.2) is 18.0 Å². The standard InChI is InChI=1S/C16H13ClN2O8S/c1-26-15(20)9-5-10(16(21)27-2)7-11(6-9)18-28(24,25)12-3-4-13(17)14(8-12)19(22)23/h3-8,18H,1-2H3. The number of esters is 2. The second-order valence-corrected chi connectivity index (χ2v) is 7.35. The second kappa shape index (κ2) is 8.23. The van der Waals surface area contributed by atoms with E-state index in [0.29, 0.717) is 0 Å². The number of nitro groups is 1. The van der Waals surface area contributed by atoms with E-state index in [1.807, 2.05) is 0 Å². The molecule has 0 heterocycles. The van der Waals surface area contributed by atoms with Crippen LogP contribution in [0.4, 0.5) is 11.4 Å². The minimum atomic E-state index is -4.30. The Bertz CT molecular complexity index is 1030. The Balaban J connectivity index is 2.51. The number of hydrogen-bond acceptors (Lipinski definition) is 8. The molecule has 10 nitrogen and oxygen atoms in total. The fourth-order valence-electron chi connectivity index (χ4n) is 2.17. The van der Waals surface area contributed by atoms with E-state index < -0.39 is 37.5 Å². The van der Waals surface area contributed by atoms with Crippen LogP contribution in [0.1, 0.15) is 20.7 Å². The highest BCUT2D eigenvalue weighted by Gasteiger charge is 2.22. The summed E-state index contributed by atoms with van der Waals surface area (Å²) in [5, 5.41) is 10.7. The Morgan fingerprint density at radius 3 is 2.04 bits per heavy atom. The highest BCUT2D eigenvalue weighted by molar-refractivity contribution is 7.92. The van der Waals surface area contributed by atoms with Gasteiger partial charge in [0, 0.05) is 6.07 Å². The molecule has 0 aliphatic rings. The topological polar surface area (TPSA) is 142 Å². The molecular weight excluding hydrogens is 416 g/mol. The van der Waals surface area contributed by atoms with Crippen molar-refractivity contribution in [2.45, 2.75) is 4.90 Å². The van der Waals surface area contributed by atoms with Gasteiger partial charge in [0.15, 0.2) is 0 Å². The Labute approximate surface area is 164 Å². The number of carbonyl (C=O) groups is 2. The Morgan fingerprint density at radius 2 is 1.57 bits per heavy atom. The van der Waals surface area contributed by atoms with Gasteiger partial charge in [-0.2, -0.15) is 0 Å². The quantitative estimate of drug-likeness (QED) is 0.420. The molecule has 28 heavy (non-hydrogen) atoms. The lowest BCUT2D eigenvalue weighted by molar-refractivity contribution is -0.384. The lowest BCUT2D eigenvalue weighted by Crippen LogP contribution is -2.15. The number of nitrogens with one attached hydrogen (secondary N) is 1. The van der Waals surface area contributed by atoms with Crippen LogP contribution in [-0.2, 0) is 19.5 Å². The third kappa shape index (κ3) is 4.56. The summed E-state index contributed by atoms with van der Waals surface area (Å²) in [7, 11) is -2.07. The number of anilines is 1. The number of methoxy groups -OCH3 is 2. The first-order valence-corrected chi connectivity index (χ1v) is 9.23. The van der Waals surface area contributed by atoms with Crippen molar-refractivity contribution in [2.75, 3.05) is 18.9 Å². The molecule has 2 aromatic carbocycles. The third-order valence-corrected chi connectivity index (χ3v) is 5.15. The molecule has 0 amide bonds. The van der Waals surface area contributed by atoms with Crippen molar-refractivity contribution < 1.29 is 32.4 Å². The van der Waals surface area contributed by atoms with Crippen LogP contribution in [0.2, 0.25) is 5.02 Å². The fourth-order valence-corrected chi connectivity index (χ4v) is 3.42. The third-order valence-electron chi connectivity index (χ3n) is 3.45. The van der Waals surface area contributed by atoms with Crippen molar-refractivity contribution in [1.29, 1.82) is 0 Å². The number of ether oxygens (including phenoxy) is 2. The molecule has 2 rings (SSSR count). The molecule has 0 saturated carbocycles. The van der Waals surface area contributed by atoms with E-state index in [4.69, 9.17) is 11.6 Å². The lowest BCUT2D eigenvalue weighted by atomic mass is 10.1. The first-order chi connectivity index (χ1) is 13.1. The van der Waals surface area contributed by atoms with Crippen molar-refractivity contribution in [3.05, 3.63) is 62.7 Å². The molecule has 2 aromatic rings. The summed E-state index contributed by atoms with van der Waals surface area (Å²) >= 11 is 5.69. The van der Waals surface area contributed by atoms with Gasteiger partial charge in [0.25, 0.3) is 15.7 Å². The number of carbonyl (C=O) groups excluding carboxylic acids is 2. The molecule has 1 N–H and O–H groups in total. The minimum absolute atomic E-state index is 0.106. The minimum Gasteiger partial charge on any atom is -0.465 e. The Kier molecular flexibility index (Phi) is 6.21. The Hall–Kier alpha value is -3.18. The van der Waals surface area contributed by atoms with Gasteiger partial charge in [0.1, 0.15) is 5.02 Å². The van der Waals surface area contributed by atoms with E-state index in [9.17, 15) is 28.1 Å². The first kappa shape index (κ1) is 21.1. The predicted octanol–water partition coefficient (Wildman–Crippen LogP) is 2.62. The van der Waals surface area contributed by atoms with Crippen LogP contribution >= 0.6 is 11.6 Å². The van der Waals surface area contributed by atoms with E-state index in [1.165, 1.54) is 6.07 Å².